The zero-order valence-corrected chi connectivity index (χ0v) is 11.4. The second kappa shape index (κ2) is 5.73. The Balaban J connectivity index is 1.63. The van der Waals surface area contributed by atoms with E-state index in [4.69, 9.17) is 4.74 Å². The number of methoxy groups -OCH3 is 1. The normalized spacial score (nSPS) is 15.2. The van der Waals surface area contributed by atoms with Crippen molar-refractivity contribution in [2.45, 2.75) is 0 Å². The van der Waals surface area contributed by atoms with Gasteiger partial charge in [0.05, 0.1) is 31.4 Å². The summed E-state index contributed by atoms with van der Waals surface area (Å²) in [5, 5.41) is 0. The molecule has 0 radical (unpaired) electrons. The van der Waals surface area contributed by atoms with Crippen LogP contribution in [0.4, 0.5) is 11.6 Å². The summed E-state index contributed by atoms with van der Waals surface area (Å²) in [4.78, 5) is 17.3. The highest BCUT2D eigenvalue weighted by molar-refractivity contribution is 5.46. The summed E-state index contributed by atoms with van der Waals surface area (Å²) in [6.07, 6.45) is 7.11. The Bertz CT molecular complexity index is 537. The molecular formula is C14H17N5O. The number of hydrogen-bond donors (Lipinski definition) is 0. The van der Waals surface area contributed by atoms with E-state index in [1.54, 1.807) is 25.7 Å². The summed E-state index contributed by atoms with van der Waals surface area (Å²) in [5.41, 5.74) is 1.17. The summed E-state index contributed by atoms with van der Waals surface area (Å²) in [6, 6.07) is 4.06. The van der Waals surface area contributed by atoms with Crippen molar-refractivity contribution in [2.24, 2.45) is 0 Å². The number of pyridine rings is 1. The Labute approximate surface area is 118 Å². The van der Waals surface area contributed by atoms with Gasteiger partial charge in [-0.15, -0.1) is 0 Å². The van der Waals surface area contributed by atoms with Crippen LogP contribution in [0.2, 0.25) is 0 Å². The molecule has 6 nitrogen and oxygen atoms in total. The van der Waals surface area contributed by atoms with E-state index in [9.17, 15) is 0 Å². The van der Waals surface area contributed by atoms with Gasteiger partial charge in [0.25, 0.3) is 0 Å². The second-order valence-corrected chi connectivity index (χ2v) is 4.61. The fourth-order valence-corrected chi connectivity index (χ4v) is 2.28. The lowest BCUT2D eigenvalue weighted by Gasteiger charge is -2.35. The summed E-state index contributed by atoms with van der Waals surface area (Å²) in [6.45, 7) is 3.70. The van der Waals surface area contributed by atoms with Crippen LogP contribution in [-0.4, -0.2) is 48.2 Å². The van der Waals surface area contributed by atoms with E-state index >= 15 is 0 Å². The molecule has 0 bridgehead atoms. The highest BCUT2D eigenvalue weighted by Crippen LogP contribution is 2.17. The zero-order chi connectivity index (χ0) is 13.8. The largest absolute Gasteiger partial charge is 0.494 e. The molecule has 0 aromatic carbocycles. The molecule has 1 saturated heterocycles. The van der Waals surface area contributed by atoms with E-state index in [1.165, 1.54) is 5.69 Å². The first-order chi connectivity index (χ1) is 9.86. The predicted octanol–water partition coefficient (Wildman–Crippen LogP) is 1.21. The lowest BCUT2D eigenvalue weighted by atomic mass is 10.3. The van der Waals surface area contributed by atoms with Crippen LogP contribution in [0.15, 0.2) is 36.9 Å². The molecule has 6 heteroatoms. The van der Waals surface area contributed by atoms with Crippen molar-refractivity contribution < 1.29 is 4.74 Å². The summed E-state index contributed by atoms with van der Waals surface area (Å²) in [7, 11) is 1.62. The topological polar surface area (TPSA) is 54.4 Å². The van der Waals surface area contributed by atoms with Crippen molar-refractivity contribution in [3.05, 3.63) is 36.9 Å². The second-order valence-electron chi connectivity index (χ2n) is 4.61. The van der Waals surface area contributed by atoms with Gasteiger partial charge in [-0.2, -0.15) is 0 Å². The van der Waals surface area contributed by atoms with Crippen molar-refractivity contribution in [1.82, 2.24) is 15.0 Å². The summed E-state index contributed by atoms with van der Waals surface area (Å²) in [5.74, 6) is 1.44. The molecule has 0 atom stereocenters. The van der Waals surface area contributed by atoms with Gasteiger partial charge in [-0.1, -0.05) is 0 Å². The van der Waals surface area contributed by atoms with Gasteiger partial charge in [-0.3, -0.25) is 4.98 Å². The van der Waals surface area contributed by atoms with Crippen molar-refractivity contribution in [3.8, 4) is 5.75 Å². The molecule has 0 unspecified atom stereocenters. The van der Waals surface area contributed by atoms with Crippen LogP contribution in [0.25, 0.3) is 0 Å². The molecule has 0 saturated carbocycles. The first kappa shape index (κ1) is 12.7. The number of hydrogen-bond acceptors (Lipinski definition) is 6. The van der Waals surface area contributed by atoms with Crippen LogP contribution in [0.5, 0.6) is 5.75 Å². The van der Waals surface area contributed by atoms with Crippen LogP contribution >= 0.6 is 0 Å². The van der Waals surface area contributed by atoms with E-state index in [2.05, 4.69) is 30.8 Å². The van der Waals surface area contributed by atoms with Gasteiger partial charge >= 0.3 is 0 Å². The van der Waals surface area contributed by atoms with Crippen LogP contribution in [0.3, 0.4) is 0 Å². The number of aromatic nitrogens is 3. The monoisotopic (exact) mass is 271 g/mol. The zero-order valence-electron chi connectivity index (χ0n) is 11.4. The molecule has 104 valence electrons. The van der Waals surface area contributed by atoms with Gasteiger partial charge in [-0.05, 0) is 12.1 Å². The Hall–Kier alpha value is -2.37. The van der Waals surface area contributed by atoms with Crippen molar-refractivity contribution in [3.63, 3.8) is 0 Å². The van der Waals surface area contributed by atoms with Crippen molar-refractivity contribution in [1.29, 1.82) is 0 Å². The number of ether oxygens (including phenoxy) is 1. The molecule has 1 aliphatic rings. The van der Waals surface area contributed by atoms with Crippen LogP contribution in [0, 0.1) is 0 Å². The highest BCUT2D eigenvalue weighted by Gasteiger charge is 2.19. The van der Waals surface area contributed by atoms with Gasteiger partial charge in [-0.25, -0.2) is 9.97 Å². The van der Waals surface area contributed by atoms with E-state index in [1.807, 2.05) is 12.3 Å². The maximum atomic E-state index is 5.07. The predicted molar refractivity (Wildman–Crippen MR) is 77.2 cm³/mol. The molecule has 1 fully saturated rings. The van der Waals surface area contributed by atoms with E-state index in [0.717, 1.165) is 32.1 Å². The molecule has 3 heterocycles. The Morgan fingerprint density at radius 1 is 1.00 bits per heavy atom. The first-order valence-corrected chi connectivity index (χ1v) is 6.63. The van der Waals surface area contributed by atoms with Crippen molar-refractivity contribution in [2.75, 3.05) is 43.1 Å². The first-order valence-electron chi connectivity index (χ1n) is 6.63. The Kier molecular flexibility index (Phi) is 3.62. The minimum Gasteiger partial charge on any atom is -0.494 e. The number of piperazine rings is 1. The van der Waals surface area contributed by atoms with Crippen LogP contribution in [-0.2, 0) is 0 Å². The number of rotatable bonds is 3. The molecule has 0 spiro atoms. The quantitative estimate of drug-likeness (QED) is 0.836. The van der Waals surface area contributed by atoms with Gasteiger partial charge in [0.15, 0.2) is 5.75 Å². The number of nitrogens with zero attached hydrogens (tertiary/aromatic N) is 5. The third-order valence-electron chi connectivity index (χ3n) is 3.42. The van der Waals surface area contributed by atoms with Crippen molar-refractivity contribution >= 4 is 11.6 Å². The van der Waals surface area contributed by atoms with E-state index in [0.29, 0.717) is 5.75 Å². The molecule has 3 rings (SSSR count). The van der Waals surface area contributed by atoms with E-state index in [-0.39, 0.29) is 0 Å². The average Bonchev–Trinajstić information content (AvgIpc) is 2.56. The standard InChI is InChI=1S/C14H17N5O/c1-20-13-10-16-14(17-11-13)19-7-5-18(6-8-19)12-3-2-4-15-9-12/h2-4,9-11H,5-8H2,1H3. The molecule has 20 heavy (non-hydrogen) atoms. The molecule has 0 aliphatic carbocycles. The minimum atomic E-state index is 0.683. The summed E-state index contributed by atoms with van der Waals surface area (Å²) >= 11 is 0. The van der Waals surface area contributed by atoms with Gasteiger partial charge in [0.2, 0.25) is 5.95 Å². The van der Waals surface area contributed by atoms with Crippen LogP contribution in [0.1, 0.15) is 0 Å². The smallest absolute Gasteiger partial charge is 0.225 e. The fraction of sp³-hybridized carbons (Fsp3) is 0.357. The lowest BCUT2D eigenvalue weighted by Crippen LogP contribution is -2.47. The molecule has 2 aromatic rings. The molecule has 0 amide bonds. The molecular weight excluding hydrogens is 254 g/mol. The summed E-state index contributed by atoms with van der Waals surface area (Å²) < 4.78 is 5.07. The average molecular weight is 271 g/mol. The Morgan fingerprint density at radius 3 is 2.30 bits per heavy atom. The molecule has 0 N–H and O–H groups in total. The fourth-order valence-electron chi connectivity index (χ4n) is 2.28. The van der Waals surface area contributed by atoms with Crippen LogP contribution < -0.4 is 14.5 Å². The van der Waals surface area contributed by atoms with Gasteiger partial charge in [0.1, 0.15) is 0 Å². The minimum absolute atomic E-state index is 0.683. The van der Waals surface area contributed by atoms with Gasteiger partial charge < -0.3 is 14.5 Å². The Morgan fingerprint density at radius 2 is 1.70 bits per heavy atom. The van der Waals surface area contributed by atoms with E-state index < -0.39 is 0 Å². The van der Waals surface area contributed by atoms with Gasteiger partial charge in [0, 0.05) is 32.4 Å². The highest BCUT2D eigenvalue weighted by atomic mass is 16.5. The SMILES string of the molecule is COc1cnc(N2CCN(c3cccnc3)CC2)nc1. The third-order valence-corrected chi connectivity index (χ3v) is 3.42. The third kappa shape index (κ3) is 2.64. The molecule has 2 aromatic heterocycles. The number of anilines is 2. The maximum Gasteiger partial charge on any atom is 0.225 e. The molecule has 1 aliphatic heterocycles. The maximum absolute atomic E-state index is 5.07. The lowest BCUT2D eigenvalue weighted by molar-refractivity contribution is 0.410.